The average molecular weight is 118 g/mol. The Morgan fingerprint density at radius 3 is 2.12 bits per heavy atom. The molecule has 0 aromatic heterocycles. The Hall–Kier alpha value is -0.570. The molecule has 0 bridgehead atoms. The largest absolute Gasteiger partial charge is 0.339 e. The van der Waals surface area contributed by atoms with Crippen LogP contribution in [0.3, 0.4) is 0 Å². The lowest BCUT2D eigenvalue weighted by Gasteiger charge is -2.01. The first-order valence-electron chi connectivity index (χ1n) is 2.47. The van der Waals surface area contributed by atoms with Gasteiger partial charge in [-0.2, -0.15) is 4.89 Å². The molecule has 48 valence electrons. The van der Waals surface area contributed by atoms with Crippen molar-refractivity contribution in [3.05, 3.63) is 0 Å². The van der Waals surface area contributed by atoms with E-state index in [1.165, 1.54) is 6.92 Å². The zero-order valence-corrected chi connectivity index (χ0v) is 5.30. The lowest BCUT2D eigenvalue weighted by Crippen LogP contribution is -2.06. The Kier molecular flexibility index (Phi) is 3.19. The highest BCUT2D eigenvalue weighted by Crippen LogP contribution is 1.87. The third kappa shape index (κ3) is 5.43. The molecule has 0 saturated heterocycles. The molecule has 3 heteroatoms. The fraction of sp³-hybridized carbons (Fsp3) is 0.800. The lowest BCUT2D eigenvalue weighted by molar-refractivity contribution is -0.289. The van der Waals surface area contributed by atoms with E-state index in [0.29, 0.717) is 0 Å². The van der Waals surface area contributed by atoms with Gasteiger partial charge in [0, 0.05) is 6.92 Å². The van der Waals surface area contributed by atoms with Crippen molar-refractivity contribution in [3.8, 4) is 0 Å². The molecule has 0 aliphatic carbocycles. The molecular formula is C5H10O3. The van der Waals surface area contributed by atoms with Gasteiger partial charge >= 0.3 is 5.97 Å². The average Bonchev–Trinajstić information content (AvgIpc) is 1.61. The van der Waals surface area contributed by atoms with Crippen molar-refractivity contribution in [1.29, 1.82) is 0 Å². The SMILES string of the molecule is CC(=O)OOC(C)C. The Balaban J connectivity index is 3.05. The van der Waals surface area contributed by atoms with E-state index in [0.717, 1.165) is 0 Å². The number of carbonyl (C=O) groups excluding carboxylic acids is 1. The highest BCUT2D eigenvalue weighted by Gasteiger charge is 1.95. The van der Waals surface area contributed by atoms with Crippen LogP contribution in [0.2, 0.25) is 0 Å². The smallest absolute Gasteiger partial charge is 0.298 e. The maximum absolute atomic E-state index is 10.0. The molecular weight excluding hydrogens is 108 g/mol. The van der Waals surface area contributed by atoms with E-state index in [1.807, 2.05) is 0 Å². The van der Waals surface area contributed by atoms with Gasteiger partial charge in [-0.1, -0.05) is 0 Å². The summed E-state index contributed by atoms with van der Waals surface area (Å²) in [5.74, 6) is -0.418. The molecule has 0 spiro atoms. The van der Waals surface area contributed by atoms with E-state index in [-0.39, 0.29) is 6.10 Å². The number of carbonyl (C=O) groups is 1. The van der Waals surface area contributed by atoms with Gasteiger partial charge in [-0.3, -0.25) is 4.89 Å². The lowest BCUT2D eigenvalue weighted by atomic mass is 10.5. The second-order valence-corrected chi connectivity index (χ2v) is 1.72. The number of rotatable bonds is 2. The number of hydrogen-bond acceptors (Lipinski definition) is 3. The third-order valence-electron chi connectivity index (χ3n) is 0.358. The van der Waals surface area contributed by atoms with Gasteiger partial charge in [-0.05, 0) is 13.8 Å². The summed E-state index contributed by atoms with van der Waals surface area (Å²) in [6, 6.07) is 0. The van der Waals surface area contributed by atoms with Gasteiger partial charge in [-0.25, -0.2) is 4.79 Å². The molecule has 0 N–H and O–H groups in total. The molecule has 0 amide bonds. The van der Waals surface area contributed by atoms with Crippen LogP contribution in [0.1, 0.15) is 20.8 Å². The molecule has 0 atom stereocenters. The van der Waals surface area contributed by atoms with Crippen molar-refractivity contribution in [3.63, 3.8) is 0 Å². The van der Waals surface area contributed by atoms with Gasteiger partial charge in [0.2, 0.25) is 0 Å². The van der Waals surface area contributed by atoms with Gasteiger partial charge in [0.25, 0.3) is 0 Å². The van der Waals surface area contributed by atoms with Crippen LogP contribution in [0.4, 0.5) is 0 Å². The first-order chi connectivity index (χ1) is 3.63. The summed E-state index contributed by atoms with van der Waals surface area (Å²) in [5.41, 5.74) is 0. The minimum atomic E-state index is -0.418. The first-order valence-corrected chi connectivity index (χ1v) is 2.47. The maximum Gasteiger partial charge on any atom is 0.339 e. The van der Waals surface area contributed by atoms with Crippen LogP contribution in [0.5, 0.6) is 0 Å². The van der Waals surface area contributed by atoms with Crippen LogP contribution < -0.4 is 0 Å². The van der Waals surface area contributed by atoms with Crippen molar-refractivity contribution in [1.82, 2.24) is 0 Å². The van der Waals surface area contributed by atoms with E-state index in [9.17, 15) is 4.79 Å². The van der Waals surface area contributed by atoms with Crippen LogP contribution >= 0.6 is 0 Å². The summed E-state index contributed by atoms with van der Waals surface area (Å²) in [4.78, 5) is 18.6. The van der Waals surface area contributed by atoms with Crippen molar-refractivity contribution in [2.45, 2.75) is 26.9 Å². The molecule has 8 heavy (non-hydrogen) atoms. The normalized spacial score (nSPS) is 9.50. The highest BCUT2D eigenvalue weighted by molar-refractivity contribution is 5.65. The molecule has 3 nitrogen and oxygen atoms in total. The van der Waals surface area contributed by atoms with Crippen molar-refractivity contribution in [2.75, 3.05) is 0 Å². The topological polar surface area (TPSA) is 35.5 Å². The van der Waals surface area contributed by atoms with E-state index < -0.39 is 5.97 Å². The van der Waals surface area contributed by atoms with Crippen molar-refractivity contribution in [2.24, 2.45) is 0 Å². The summed E-state index contributed by atoms with van der Waals surface area (Å²) in [6.45, 7) is 4.86. The van der Waals surface area contributed by atoms with Crippen LogP contribution in [-0.4, -0.2) is 12.1 Å². The summed E-state index contributed by atoms with van der Waals surface area (Å²) >= 11 is 0. The summed E-state index contributed by atoms with van der Waals surface area (Å²) in [6.07, 6.45) is -0.0566. The zero-order valence-electron chi connectivity index (χ0n) is 5.30. The Morgan fingerprint density at radius 2 is 2.00 bits per heavy atom. The monoisotopic (exact) mass is 118 g/mol. The van der Waals surface area contributed by atoms with Gasteiger partial charge in [0.1, 0.15) is 0 Å². The summed E-state index contributed by atoms with van der Waals surface area (Å²) < 4.78 is 0. The third-order valence-corrected chi connectivity index (χ3v) is 0.358. The van der Waals surface area contributed by atoms with Gasteiger partial charge in [0.15, 0.2) is 0 Å². The molecule has 0 fully saturated rings. The molecule has 0 aliphatic heterocycles. The highest BCUT2D eigenvalue weighted by atomic mass is 17.2. The van der Waals surface area contributed by atoms with Crippen LogP contribution in [0.25, 0.3) is 0 Å². The van der Waals surface area contributed by atoms with Gasteiger partial charge in [0.05, 0.1) is 6.10 Å². The van der Waals surface area contributed by atoms with Gasteiger partial charge in [-0.15, -0.1) is 0 Å². The second kappa shape index (κ2) is 3.43. The second-order valence-electron chi connectivity index (χ2n) is 1.72. The van der Waals surface area contributed by atoms with Crippen molar-refractivity contribution < 1.29 is 14.6 Å². The fourth-order valence-electron chi connectivity index (χ4n) is 0.164. The Morgan fingerprint density at radius 1 is 1.50 bits per heavy atom. The maximum atomic E-state index is 10.0. The molecule has 0 heterocycles. The first kappa shape index (κ1) is 7.43. The van der Waals surface area contributed by atoms with E-state index in [4.69, 9.17) is 0 Å². The van der Waals surface area contributed by atoms with Crippen LogP contribution in [0, 0.1) is 0 Å². The minimum absolute atomic E-state index is 0.0566. The standard InChI is InChI=1S/C5H10O3/c1-4(2)7-8-5(3)6/h4H,1-3H3. The molecule has 0 aliphatic rings. The molecule has 0 aromatic carbocycles. The Bertz CT molecular complexity index is 77.7. The zero-order chi connectivity index (χ0) is 6.57. The van der Waals surface area contributed by atoms with Gasteiger partial charge < -0.3 is 0 Å². The Labute approximate surface area is 48.5 Å². The minimum Gasteiger partial charge on any atom is -0.298 e. The van der Waals surface area contributed by atoms with E-state index in [1.54, 1.807) is 13.8 Å². The molecule has 0 saturated carbocycles. The number of hydrogen-bond donors (Lipinski definition) is 0. The molecule has 0 unspecified atom stereocenters. The predicted octanol–water partition coefficient (Wildman–Crippen LogP) is 0.889. The quantitative estimate of drug-likeness (QED) is 0.399. The van der Waals surface area contributed by atoms with Crippen LogP contribution in [-0.2, 0) is 14.6 Å². The predicted molar refractivity (Wildman–Crippen MR) is 28.0 cm³/mol. The molecule has 0 aromatic rings. The van der Waals surface area contributed by atoms with Crippen LogP contribution in [0.15, 0.2) is 0 Å². The summed E-state index contributed by atoms with van der Waals surface area (Å²) in [7, 11) is 0. The van der Waals surface area contributed by atoms with E-state index >= 15 is 0 Å². The molecule has 0 radical (unpaired) electrons. The van der Waals surface area contributed by atoms with E-state index in [2.05, 4.69) is 9.78 Å². The van der Waals surface area contributed by atoms with Crippen molar-refractivity contribution >= 4 is 5.97 Å². The fourth-order valence-corrected chi connectivity index (χ4v) is 0.164. The summed E-state index contributed by atoms with van der Waals surface area (Å²) in [5, 5.41) is 0. The molecule has 0 rings (SSSR count).